The lowest BCUT2D eigenvalue weighted by atomic mass is 10.3. The lowest BCUT2D eigenvalue weighted by Gasteiger charge is -2.15. The highest BCUT2D eigenvalue weighted by Gasteiger charge is 2.23. The Kier molecular flexibility index (Phi) is 4.98. The van der Waals surface area contributed by atoms with Gasteiger partial charge in [-0.2, -0.15) is 4.31 Å². The smallest absolute Gasteiger partial charge is 0.252 e. The van der Waals surface area contributed by atoms with E-state index in [0.29, 0.717) is 22.1 Å². The lowest BCUT2D eigenvalue weighted by Crippen LogP contribution is -2.28. The molecule has 0 radical (unpaired) electrons. The summed E-state index contributed by atoms with van der Waals surface area (Å²) in [7, 11) is -1.86. The molecule has 0 aliphatic carbocycles. The van der Waals surface area contributed by atoms with Gasteiger partial charge in [0, 0.05) is 23.3 Å². The van der Waals surface area contributed by atoms with E-state index in [1.165, 1.54) is 9.18 Å². The maximum absolute atomic E-state index is 12.4. The minimum atomic E-state index is -3.46. The Morgan fingerprint density at radius 3 is 2.70 bits per heavy atom. The number of hydrogen-bond donors (Lipinski definition) is 1. The molecule has 20 heavy (non-hydrogen) atoms. The van der Waals surface area contributed by atoms with Crippen molar-refractivity contribution >= 4 is 32.7 Å². The first-order valence-electron chi connectivity index (χ1n) is 6.14. The van der Waals surface area contributed by atoms with Crippen molar-refractivity contribution in [3.05, 3.63) is 38.9 Å². The van der Waals surface area contributed by atoms with Gasteiger partial charge in [0.2, 0.25) is 0 Å². The summed E-state index contributed by atoms with van der Waals surface area (Å²) in [5.41, 5.74) is 0.822. The van der Waals surface area contributed by atoms with Crippen molar-refractivity contribution in [3.63, 3.8) is 0 Å². The number of aliphatic hydroxyl groups excluding tert-OH is 1. The highest BCUT2D eigenvalue weighted by Crippen LogP contribution is 2.28. The minimum absolute atomic E-state index is 0.120. The second-order valence-electron chi connectivity index (χ2n) is 4.49. The average Bonchev–Trinajstić information content (AvgIpc) is 3.04. The largest absolute Gasteiger partial charge is 0.391 e. The summed E-state index contributed by atoms with van der Waals surface area (Å²) in [6.45, 7) is 2.14. The van der Waals surface area contributed by atoms with Gasteiger partial charge in [0.15, 0.2) is 0 Å². The van der Waals surface area contributed by atoms with Crippen molar-refractivity contribution in [1.82, 2.24) is 4.31 Å². The molecule has 0 aliphatic heterocycles. The molecule has 1 N–H and O–H groups in total. The molecular weight excluding hydrogens is 314 g/mol. The number of likely N-dealkylation sites (N-methyl/N-ethyl adjacent to an activating group) is 1. The van der Waals surface area contributed by atoms with Crippen LogP contribution in [0.2, 0.25) is 0 Å². The summed E-state index contributed by atoms with van der Waals surface area (Å²) in [6.07, 6.45) is 0.713. The van der Waals surface area contributed by atoms with Gasteiger partial charge >= 0.3 is 0 Å². The zero-order valence-corrected chi connectivity index (χ0v) is 13.8. The van der Waals surface area contributed by atoms with E-state index >= 15 is 0 Å². The standard InChI is InChI=1S/C13H17NO3S3/c1-10-8-13(19-12(10)9-15)20(16,17)14(2)6-5-11-4-3-7-18-11/h3-4,7-8,15H,5-6,9H2,1-2H3. The monoisotopic (exact) mass is 331 g/mol. The highest BCUT2D eigenvalue weighted by molar-refractivity contribution is 7.91. The van der Waals surface area contributed by atoms with Crippen molar-refractivity contribution in [3.8, 4) is 0 Å². The van der Waals surface area contributed by atoms with Crippen LogP contribution >= 0.6 is 22.7 Å². The quantitative estimate of drug-likeness (QED) is 0.885. The average molecular weight is 331 g/mol. The summed E-state index contributed by atoms with van der Waals surface area (Å²) in [5.74, 6) is 0. The lowest BCUT2D eigenvalue weighted by molar-refractivity contribution is 0.285. The first kappa shape index (κ1) is 15.7. The van der Waals surface area contributed by atoms with Gasteiger partial charge in [0.05, 0.1) is 6.61 Å². The highest BCUT2D eigenvalue weighted by atomic mass is 32.2. The molecule has 0 atom stereocenters. The van der Waals surface area contributed by atoms with Crippen LogP contribution in [0.4, 0.5) is 0 Å². The van der Waals surface area contributed by atoms with Gasteiger partial charge in [-0.15, -0.1) is 22.7 Å². The van der Waals surface area contributed by atoms with E-state index in [-0.39, 0.29) is 6.61 Å². The number of rotatable bonds is 6. The van der Waals surface area contributed by atoms with Crippen molar-refractivity contribution in [2.75, 3.05) is 13.6 Å². The molecular formula is C13H17NO3S3. The Labute approximate surface area is 127 Å². The molecule has 0 unspecified atom stereocenters. The Bertz CT molecular complexity index is 659. The van der Waals surface area contributed by atoms with Crippen LogP contribution in [-0.4, -0.2) is 31.4 Å². The molecule has 7 heteroatoms. The zero-order chi connectivity index (χ0) is 14.8. The number of hydrogen-bond acceptors (Lipinski definition) is 5. The van der Waals surface area contributed by atoms with Crippen LogP contribution in [0.1, 0.15) is 15.3 Å². The van der Waals surface area contributed by atoms with Gasteiger partial charge in [-0.25, -0.2) is 8.42 Å². The maximum Gasteiger partial charge on any atom is 0.252 e. The van der Waals surface area contributed by atoms with Crippen molar-refractivity contribution in [2.24, 2.45) is 0 Å². The third-order valence-electron chi connectivity index (χ3n) is 3.06. The van der Waals surface area contributed by atoms with E-state index < -0.39 is 10.0 Å². The van der Waals surface area contributed by atoms with Gasteiger partial charge in [-0.1, -0.05) is 6.07 Å². The molecule has 0 fully saturated rings. The van der Waals surface area contributed by atoms with Crippen LogP contribution in [0.15, 0.2) is 27.8 Å². The van der Waals surface area contributed by atoms with E-state index in [2.05, 4.69) is 0 Å². The molecule has 0 bridgehead atoms. The van der Waals surface area contributed by atoms with Crippen molar-refractivity contribution < 1.29 is 13.5 Å². The topological polar surface area (TPSA) is 57.6 Å². The molecule has 2 heterocycles. The summed E-state index contributed by atoms with van der Waals surface area (Å²) in [4.78, 5) is 1.88. The molecule has 0 aliphatic rings. The van der Waals surface area contributed by atoms with E-state index in [1.54, 1.807) is 24.5 Å². The summed E-state index contributed by atoms with van der Waals surface area (Å²) >= 11 is 2.77. The number of nitrogens with zero attached hydrogens (tertiary/aromatic N) is 1. The zero-order valence-electron chi connectivity index (χ0n) is 11.4. The van der Waals surface area contributed by atoms with Crippen LogP contribution in [0.5, 0.6) is 0 Å². The molecule has 0 aromatic carbocycles. The Morgan fingerprint density at radius 2 is 2.15 bits per heavy atom. The van der Waals surface area contributed by atoms with Gasteiger partial charge < -0.3 is 5.11 Å². The van der Waals surface area contributed by atoms with Gasteiger partial charge in [0.25, 0.3) is 10.0 Å². The fourth-order valence-electron chi connectivity index (χ4n) is 1.77. The molecule has 2 rings (SSSR count). The third-order valence-corrected chi connectivity index (χ3v) is 7.52. The Balaban J connectivity index is 2.12. The van der Waals surface area contributed by atoms with Gasteiger partial charge in [-0.3, -0.25) is 0 Å². The molecule has 4 nitrogen and oxygen atoms in total. The van der Waals surface area contributed by atoms with E-state index in [0.717, 1.165) is 16.9 Å². The predicted octanol–water partition coefficient (Wildman–Crippen LogP) is 2.47. The van der Waals surface area contributed by atoms with Gasteiger partial charge in [0.1, 0.15) is 4.21 Å². The number of aryl methyl sites for hydroxylation is 1. The molecule has 2 aromatic heterocycles. The summed E-state index contributed by atoms with van der Waals surface area (Å²) in [5, 5.41) is 11.2. The SMILES string of the molecule is Cc1cc(S(=O)(=O)N(C)CCc2cccs2)sc1CO. The summed E-state index contributed by atoms with van der Waals surface area (Å²) < 4.78 is 26.5. The number of sulfonamides is 1. The fraction of sp³-hybridized carbons (Fsp3) is 0.385. The first-order valence-corrected chi connectivity index (χ1v) is 9.27. The third kappa shape index (κ3) is 3.29. The molecule has 0 amide bonds. The van der Waals surface area contributed by atoms with Crippen LogP contribution in [0, 0.1) is 6.92 Å². The first-order chi connectivity index (χ1) is 9.45. The predicted molar refractivity (Wildman–Crippen MR) is 82.8 cm³/mol. The number of thiophene rings is 2. The second kappa shape index (κ2) is 6.36. The Hall–Kier alpha value is -0.730. The molecule has 0 spiro atoms. The minimum Gasteiger partial charge on any atom is -0.391 e. The summed E-state index contributed by atoms with van der Waals surface area (Å²) in [6, 6.07) is 5.60. The van der Waals surface area contributed by atoms with E-state index in [9.17, 15) is 8.42 Å². The molecule has 0 saturated carbocycles. The van der Waals surface area contributed by atoms with Gasteiger partial charge in [-0.05, 0) is 36.4 Å². The normalized spacial score (nSPS) is 12.2. The van der Waals surface area contributed by atoms with Crippen LogP contribution in [-0.2, 0) is 23.1 Å². The van der Waals surface area contributed by atoms with Crippen LogP contribution < -0.4 is 0 Å². The molecule has 2 aromatic rings. The fourth-order valence-corrected chi connectivity index (χ4v) is 5.30. The molecule has 110 valence electrons. The van der Waals surface area contributed by atoms with Crippen LogP contribution in [0.25, 0.3) is 0 Å². The van der Waals surface area contributed by atoms with E-state index in [1.807, 2.05) is 24.4 Å². The maximum atomic E-state index is 12.4. The second-order valence-corrected chi connectivity index (χ2v) is 8.93. The number of aliphatic hydroxyl groups is 1. The van der Waals surface area contributed by atoms with Crippen molar-refractivity contribution in [1.29, 1.82) is 0 Å². The van der Waals surface area contributed by atoms with E-state index in [4.69, 9.17) is 5.11 Å². The Morgan fingerprint density at radius 1 is 1.40 bits per heavy atom. The molecule has 0 saturated heterocycles. The van der Waals surface area contributed by atoms with Crippen LogP contribution in [0.3, 0.4) is 0 Å². The van der Waals surface area contributed by atoms with Crippen molar-refractivity contribution in [2.45, 2.75) is 24.2 Å².